The fourth-order valence-corrected chi connectivity index (χ4v) is 1.21. The number of hydrogen-bond acceptors (Lipinski definition) is 2. The first-order valence-electron chi connectivity index (χ1n) is 3.69. The summed E-state index contributed by atoms with van der Waals surface area (Å²) in [7, 11) is 4.18. The zero-order valence-corrected chi connectivity index (χ0v) is 6.35. The number of rotatable bonds is 3. The molecule has 0 aromatic heterocycles. The highest BCUT2D eigenvalue weighted by atomic mass is 15.2. The van der Waals surface area contributed by atoms with Crippen LogP contribution in [0.25, 0.3) is 0 Å². The Morgan fingerprint density at radius 2 is 2.22 bits per heavy atom. The second-order valence-corrected chi connectivity index (χ2v) is 2.85. The van der Waals surface area contributed by atoms with Crippen LogP contribution in [0, 0.1) is 0 Å². The van der Waals surface area contributed by atoms with Crippen molar-refractivity contribution < 1.29 is 0 Å². The topological polar surface area (TPSA) is 15.3 Å². The van der Waals surface area contributed by atoms with E-state index in [-0.39, 0.29) is 0 Å². The van der Waals surface area contributed by atoms with Crippen LogP contribution in [-0.2, 0) is 0 Å². The maximum Gasteiger partial charge on any atom is 0.0477 e. The van der Waals surface area contributed by atoms with E-state index in [4.69, 9.17) is 0 Å². The quantitative estimate of drug-likeness (QED) is 0.561. The molecule has 1 saturated carbocycles. The van der Waals surface area contributed by atoms with Gasteiger partial charge in [0.1, 0.15) is 0 Å². The lowest BCUT2D eigenvalue weighted by Crippen LogP contribution is -2.41. The third kappa shape index (κ3) is 1.66. The molecular weight excluding hydrogens is 112 g/mol. The third-order valence-electron chi connectivity index (χ3n) is 2.11. The van der Waals surface area contributed by atoms with Crippen molar-refractivity contribution in [2.75, 3.05) is 20.8 Å². The van der Waals surface area contributed by atoms with Crippen molar-refractivity contribution >= 4 is 0 Å². The van der Waals surface area contributed by atoms with E-state index in [1.807, 2.05) is 7.05 Å². The lowest BCUT2D eigenvalue weighted by Gasteiger charge is -2.34. The third-order valence-corrected chi connectivity index (χ3v) is 2.11. The van der Waals surface area contributed by atoms with E-state index < -0.39 is 0 Å². The zero-order chi connectivity index (χ0) is 6.69. The van der Waals surface area contributed by atoms with E-state index >= 15 is 0 Å². The minimum absolute atomic E-state index is 0.873. The molecule has 54 valence electrons. The maximum atomic E-state index is 3.14. The van der Waals surface area contributed by atoms with Crippen LogP contribution in [0.5, 0.6) is 0 Å². The molecule has 0 atom stereocenters. The van der Waals surface area contributed by atoms with Crippen LogP contribution in [0.1, 0.15) is 19.3 Å². The summed E-state index contributed by atoms with van der Waals surface area (Å²) >= 11 is 0. The van der Waals surface area contributed by atoms with Crippen molar-refractivity contribution in [2.24, 2.45) is 0 Å². The highest BCUT2D eigenvalue weighted by molar-refractivity contribution is 4.76. The molecular formula is C7H16N2. The van der Waals surface area contributed by atoms with Gasteiger partial charge in [-0.3, -0.25) is 4.90 Å². The molecule has 0 aliphatic heterocycles. The fourth-order valence-electron chi connectivity index (χ4n) is 1.21. The largest absolute Gasteiger partial charge is 0.307 e. The molecule has 0 amide bonds. The van der Waals surface area contributed by atoms with Gasteiger partial charge < -0.3 is 5.32 Å². The van der Waals surface area contributed by atoms with E-state index in [1.54, 1.807) is 0 Å². The summed E-state index contributed by atoms with van der Waals surface area (Å²) in [5.41, 5.74) is 0. The average molecular weight is 128 g/mol. The zero-order valence-electron chi connectivity index (χ0n) is 6.35. The molecule has 0 saturated heterocycles. The van der Waals surface area contributed by atoms with Crippen LogP contribution in [0.4, 0.5) is 0 Å². The molecule has 0 unspecified atom stereocenters. The van der Waals surface area contributed by atoms with Crippen molar-refractivity contribution in [3.8, 4) is 0 Å². The van der Waals surface area contributed by atoms with E-state index in [2.05, 4.69) is 17.3 Å². The van der Waals surface area contributed by atoms with Gasteiger partial charge >= 0.3 is 0 Å². The Labute approximate surface area is 57.2 Å². The molecule has 0 radical (unpaired) electrons. The van der Waals surface area contributed by atoms with Gasteiger partial charge in [-0.05, 0) is 26.9 Å². The van der Waals surface area contributed by atoms with E-state index in [0.717, 1.165) is 12.7 Å². The molecule has 9 heavy (non-hydrogen) atoms. The molecule has 1 fully saturated rings. The molecule has 1 N–H and O–H groups in total. The Kier molecular flexibility index (Phi) is 2.49. The van der Waals surface area contributed by atoms with Crippen LogP contribution in [-0.4, -0.2) is 31.7 Å². The van der Waals surface area contributed by atoms with E-state index in [9.17, 15) is 0 Å². The Hall–Kier alpha value is -0.0800. The second-order valence-electron chi connectivity index (χ2n) is 2.85. The van der Waals surface area contributed by atoms with Crippen LogP contribution < -0.4 is 5.32 Å². The lowest BCUT2D eigenvalue weighted by atomic mass is 9.92. The molecule has 0 aromatic rings. The summed E-state index contributed by atoms with van der Waals surface area (Å²) in [5, 5.41) is 3.14. The predicted molar refractivity (Wildman–Crippen MR) is 39.3 cm³/mol. The van der Waals surface area contributed by atoms with Crippen LogP contribution in [0.15, 0.2) is 0 Å². The molecule has 0 bridgehead atoms. The Bertz CT molecular complexity index is 79.0. The highest BCUT2D eigenvalue weighted by Gasteiger charge is 2.20. The molecule has 2 nitrogen and oxygen atoms in total. The van der Waals surface area contributed by atoms with Crippen molar-refractivity contribution in [3.63, 3.8) is 0 Å². The van der Waals surface area contributed by atoms with Crippen LogP contribution in [0.2, 0.25) is 0 Å². The number of nitrogens with one attached hydrogen (secondary N) is 1. The maximum absolute atomic E-state index is 3.14. The molecule has 0 spiro atoms. The lowest BCUT2D eigenvalue weighted by molar-refractivity contribution is 0.152. The van der Waals surface area contributed by atoms with Crippen molar-refractivity contribution in [1.82, 2.24) is 10.2 Å². The fraction of sp³-hybridized carbons (Fsp3) is 1.00. The molecule has 2 heteroatoms. The first kappa shape index (κ1) is 7.03. The predicted octanol–water partition coefficient (Wildman–Crippen LogP) is 0.648. The van der Waals surface area contributed by atoms with E-state index in [1.165, 1.54) is 19.3 Å². The monoisotopic (exact) mass is 128 g/mol. The average Bonchev–Trinajstić information content (AvgIpc) is 1.60. The summed E-state index contributed by atoms with van der Waals surface area (Å²) in [6.45, 7) is 1.03. The molecule has 0 aromatic carbocycles. The van der Waals surface area contributed by atoms with Gasteiger partial charge in [0.2, 0.25) is 0 Å². The summed E-state index contributed by atoms with van der Waals surface area (Å²) in [4.78, 5) is 2.38. The second kappa shape index (κ2) is 3.18. The first-order chi connectivity index (χ1) is 4.34. The number of nitrogens with zero attached hydrogens (tertiary/aromatic N) is 1. The SMILES string of the molecule is CNCN(C)C1CCC1. The van der Waals surface area contributed by atoms with Crippen LogP contribution >= 0.6 is 0 Å². The van der Waals surface area contributed by atoms with Crippen molar-refractivity contribution in [2.45, 2.75) is 25.3 Å². The minimum atomic E-state index is 0.873. The first-order valence-corrected chi connectivity index (χ1v) is 3.69. The minimum Gasteiger partial charge on any atom is -0.307 e. The van der Waals surface area contributed by atoms with Gasteiger partial charge in [0, 0.05) is 12.7 Å². The Morgan fingerprint density at radius 3 is 2.56 bits per heavy atom. The van der Waals surface area contributed by atoms with Gasteiger partial charge in [-0.2, -0.15) is 0 Å². The van der Waals surface area contributed by atoms with Gasteiger partial charge in [0.15, 0.2) is 0 Å². The van der Waals surface area contributed by atoms with Gasteiger partial charge in [-0.1, -0.05) is 6.42 Å². The Morgan fingerprint density at radius 1 is 1.56 bits per heavy atom. The highest BCUT2D eigenvalue weighted by Crippen LogP contribution is 2.22. The van der Waals surface area contributed by atoms with Gasteiger partial charge in [0.05, 0.1) is 0 Å². The summed E-state index contributed by atoms with van der Waals surface area (Å²) < 4.78 is 0. The summed E-state index contributed by atoms with van der Waals surface area (Å²) in [6.07, 6.45) is 4.23. The van der Waals surface area contributed by atoms with Crippen molar-refractivity contribution in [3.05, 3.63) is 0 Å². The van der Waals surface area contributed by atoms with E-state index in [0.29, 0.717) is 0 Å². The summed E-state index contributed by atoms with van der Waals surface area (Å²) in [6, 6.07) is 0.873. The molecule has 0 heterocycles. The van der Waals surface area contributed by atoms with Gasteiger partial charge in [0.25, 0.3) is 0 Å². The molecule has 1 aliphatic rings. The molecule has 1 aliphatic carbocycles. The van der Waals surface area contributed by atoms with Gasteiger partial charge in [-0.25, -0.2) is 0 Å². The molecule has 1 rings (SSSR count). The number of hydrogen-bond donors (Lipinski definition) is 1. The normalized spacial score (nSPS) is 20.3. The van der Waals surface area contributed by atoms with Crippen molar-refractivity contribution in [1.29, 1.82) is 0 Å². The smallest absolute Gasteiger partial charge is 0.0477 e. The standard InChI is InChI=1S/C7H16N2/c1-8-6-9(2)7-4-3-5-7/h7-8H,3-6H2,1-2H3. The Balaban J connectivity index is 2.08. The van der Waals surface area contributed by atoms with Crippen LogP contribution in [0.3, 0.4) is 0 Å². The summed E-state index contributed by atoms with van der Waals surface area (Å²) in [5.74, 6) is 0. The van der Waals surface area contributed by atoms with Gasteiger partial charge in [-0.15, -0.1) is 0 Å².